The molecule has 5 nitrogen and oxygen atoms in total. The third kappa shape index (κ3) is 3.36. The monoisotopic (exact) mass is 301 g/mol. The van der Waals surface area contributed by atoms with E-state index in [1.165, 1.54) is 0 Å². The maximum absolute atomic E-state index is 12.4. The first-order valence-electron chi connectivity index (χ1n) is 7.35. The lowest BCUT2D eigenvalue weighted by molar-refractivity contribution is 0.102. The van der Waals surface area contributed by atoms with Gasteiger partial charge in [0.15, 0.2) is 5.69 Å². The maximum atomic E-state index is 12.4. The molecule has 0 aliphatic rings. The number of nitrogens with zero attached hydrogens (tertiary/aromatic N) is 2. The Bertz CT molecular complexity index is 681. The Kier molecular flexibility index (Phi) is 4.37. The summed E-state index contributed by atoms with van der Waals surface area (Å²) in [5.41, 5.74) is 2.41. The van der Waals surface area contributed by atoms with Gasteiger partial charge in [-0.2, -0.15) is 5.10 Å². The van der Waals surface area contributed by atoms with E-state index in [4.69, 9.17) is 0 Å². The third-order valence-electron chi connectivity index (χ3n) is 3.41. The van der Waals surface area contributed by atoms with Crippen LogP contribution in [-0.4, -0.2) is 20.8 Å². The zero-order valence-corrected chi connectivity index (χ0v) is 13.7. The summed E-state index contributed by atoms with van der Waals surface area (Å²) >= 11 is 0. The lowest BCUT2D eigenvalue weighted by atomic mass is 10.1. The molecule has 0 bridgehead atoms. The second-order valence-corrected chi connectivity index (χ2v) is 6.47. The number of carbonyl (C=O) groups excluding carboxylic acids is 1. The van der Waals surface area contributed by atoms with Gasteiger partial charge in [0.1, 0.15) is 0 Å². The topological polar surface area (TPSA) is 67.2 Å². The number of carbonyl (C=O) groups is 1. The Hall–Kier alpha value is -2.14. The van der Waals surface area contributed by atoms with Crippen LogP contribution in [0.25, 0.3) is 0 Å². The number of hydrogen-bond donors (Lipinski definition) is 2. The molecule has 0 spiro atoms. The van der Waals surface area contributed by atoms with Crippen LogP contribution < -0.4 is 5.32 Å². The van der Waals surface area contributed by atoms with E-state index in [9.17, 15) is 9.90 Å². The van der Waals surface area contributed by atoms with E-state index in [2.05, 4.69) is 10.4 Å². The minimum atomic E-state index is -0.648. The highest BCUT2D eigenvalue weighted by molar-refractivity contribution is 6.03. The number of aliphatic hydroxyl groups excluding tert-OH is 1. The van der Waals surface area contributed by atoms with Crippen molar-refractivity contribution in [2.24, 2.45) is 0 Å². The van der Waals surface area contributed by atoms with E-state index in [0.29, 0.717) is 16.9 Å². The van der Waals surface area contributed by atoms with Gasteiger partial charge in [-0.1, -0.05) is 18.2 Å². The van der Waals surface area contributed by atoms with Crippen molar-refractivity contribution in [3.63, 3.8) is 0 Å². The summed E-state index contributed by atoms with van der Waals surface area (Å²) in [6.07, 6.45) is -0.648. The van der Waals surface area contributed by atoms with Crippen LogP contribution in [0.3, 0.4) is 0 Å². The van der Waals surface area contributed by atoms with Gasteiger partial charge in [-0.3, -0.25) is 9.48 Å². The summed E-state index contributed by atoms with van der Waals surface area (Å²) in [4.78, 5) is 12.4. The van der Waals surface area contributed by atoms with Crippen LogP contribution in [0, 0.1) is 6.92 Å². The minimum Gasteiger partial charge on any atom is -0.389 e. The molecule has 2 N–H and O–H groups in total. The molecule has 1 aromatic carbocycles. The van der Waals surface area contributed by atoms with Crippen molar-refractivity contribution < 1.29 is 9.90 Å². The van der Waals surface area contributed by atoms with Crippen LogP contribution in [0.2, 0.25) is 0 Å². The number of benzene rings is 1. The first kappa shape index (κ1) is 16.2. The van der Waals surface area contributed by atoms with Gasteiger partial charge in [0.2, 0.25) is 0 Å². The molecular formula is C17H23N3O2. The second-order valence-electron chi connectivity index (χ2n) is 6.47. The molecule has 0 aliphatic carbocycles. The van der Waals surface area contributed by atoms with Crippen LogP contribution in [0.4, 0.5) is 5.69 Å². The summed E-state index contributed by atoms with van der Waals surface area (Å²) in [7, 11) is 0. The Morgan fingerprint density at radius 1 is 1.32 bits per heavy atom. The van der Waals surface area contributed by atoms with Gasteiger partial charge in [0.25, 0.3) is 5.91 Å². The van der Waals surface area contributed by atoms with Crippen molar-refractivity contribution in [1.29, 1.82) is 0 Å². The standard InChI is InChI=1S/C17H23N3O2/c1-11-10-15(19-20(11)17(3,4)5)16(22)18-14-9-7-6-8-13(14)12(2)21/h6-10,12,21H,1-5H3,(H,18,22)/t12-/m0/s1. The molecule has 0 aliphatic heterocycles. The molecule has 1 amide bonds. The van der Waals surface area contributed by atoms with E-state index in [-0.39, 0.29) is 11.4 Å². The minimum absolute atomic E-state index is 0.180. The number of nitrogens with one attached hydrogen (secondary N) is 1. The van der Waals surface area contributed by atoms with Crippen LogP contribution in [0.5, 0.6) is 0 Å². The van der Waals surface area contributed by atoms with Crippen molar-refractivity contribution >= 4 is 11.6 Å². The SMILES string of the molecule is Cc1cc(C(=O)Nc2ccccc2[C@H](C)O)nn1C(C)(C)C. The summed E-state index contributed by atoms with van der Waals surface area (Å²) in [5.74, 6) is -0.279. The Morgan fingerprint density at radius 2 is 1.95 bits per heavy atom. The number of aromatic nitrogens is 2. The molecule has 2 rings (SSSR count). The highest BCUT2D eigenvalue weighted by atomic mass is 16.3. The number of amides is 1. The van der Waals surface area contributed by atoms with E-state index in [1.807, 2.05) is 44.5 Å². The van der Waals surface area contributed by atoms with Gasteiger partial charge in [0, 0.05) is 16.9 Å². The molecule has 2 aromatic rings. The second kappa shape index (κ2) is 5.93. The zero-order chi connectivity index (χ0) is 16.5. The zero-order valence-electron chi connectivity index (χ0n) is 13.7. The van der Waals surface area contributed by atoms with Crippen molar-refractivity contribution in [3.8, 4) is 0 Å². The molecule has 5 heteroatoms. The van der Waals surface area contributed by atoms with E-state index in [1.54, 1.807) is 25.1 Å². The fourth-order valence-corrected chi connectivity index (χ4v) is 2.43. The highest BCUT2D eigenvalue weighted by Crippen LogP contribution is 2.23. The number of anilines is 1. The molecule has 22 heavy (non-hydrogen) atoms. The Labute approximate surface area is 131 Å². The summed E-state index contributed by atoms with van der Waals surface area (Å²) in [5, 5.41) is 17.0. The van der Waals surface area contributed by atoms with Crippen molar-refractivity contribution in [2.75, 3.05) is 5.32 Å². The number of aliphatic hydroxyl groups is 1. The molecule has 0 saturated carbocycles. The predicted octanol–water partition coefficient (Wildman–Crippen LogP) is 3.25. The first-order chi connectivity index (χ1) is 10.2. The van der Waals surface area contributed by atoms with Gasteiger partial charge in [-0.15, -0.1) is 0 Å². The average Bonchev–Trinajstić information content (AvgIpc) is 2.81. The van der Waals surface area contributed by atoms with Crippen molar-refractivity contribution in [2.45, 2.75) is 46.3 Å². The lowest BCUT2D eigenvalue weighted by Gasteiger charge is -2.21. The number of rotatable bonds is 3. The van der Waals surface area contributed by atoms with Gasteiger partial charge in [0.05, 0.1) is 11.6 Å². The smallest absolute Gasteiger partial charge is 0.276 e. The van der Waals surface area contributed by atoms with Gasteiger partial charge < -0.3 is 10.4 Å². The molecule has 1 heterocycles. The quantitative estimate of drug-likeness (QED) is 0.914. The fourth-order valence-electron chi connectivity index (χ4n) is 2.43. The molecule has 0 fully saturated rings. The van der Waals surface area contributed by atoms with Crippen LogP contribution in [0.15, 0.2) is 30.3 Å². The third-order valence-corrected chi connectivity index (χ3v) is 3.41. The Morgan fingerprint density at radius 3 is 2.50 bits per heavy atom. The number of aryl methyl sites for hydroxylation is 1. The van der Waals surface area contributed by atoms with Crippen LogP contribution >= 0.6 is 0 Å². The lowest BCUT2D eigenvalue weighted by Crippen LogP contribution is -2.25. The van der Waals surface area contributed by atoms with E-state index < -0.39 is 6.10 Å². The highest BCUT2D eigenvalue weighted by Gasteiger charge is 2.21. The molecular weight excluding hydrogens is 278 g/mol. The summed E-state index contributed by atoms with van der Waals surface area (Å²) in [6, 6.07) is 8.98. The van der Waals surface area contributed by atoms with Crippen LogP contribution in [0.1, 0.15) is 55.5 Å². The molecule has 0 unspecified atom stereocenters. The van der Waals surface area contributed by atoms with Crippen LogP contribution in [-0.2, 0) is 5.54 Å². The summed E-state index contributed by atoms with van der Waals surface area (Å²) < 4.78 is 1.84. The van der Waals surface area contributed by atoms with Gasteiger partial charge in [-0.25, -0.2) is 0 Å². The van der Waals surface area contributed by atoms with Gasteiger partial charge in [-0.05, 0) is 46.8 Å². The molecule has 1 atom stereocenters. The maximum Gasteiger partial charge on any atom is 0.276 e. The first-order valence-corrected chi connectivity index (χ1v) is 7.35. The Balaban J connectivity index is 2.28. The molecule has 118 valence electrons. The molecule has 0 radical (unpaired) electrons. The molecule has 1 aromatic heterocycles. The molecule has 0 saturated heterocycles. The average molecular weight is 301 g/mol. The largest absolute Gasteiger partial charge is 0.389 e. The van der Waals surface area contributed by atoms with Crippen molar-refractivity contribution in [3.05, 3.63) is 47.3 Å². The summed E-state index contributed by atoms with van der Waals surface area (Å²) in [6.45, 7) is 9.72. The van der Waals surface area contributed by atoms with E-state index in [0.717, 1.165) is 5.69 Å². The fraction of sp³-hybridized carbons (Fsp3) is 0.412. The van der Waals surface area contributed by atoms with E-state index >= 15 is 0 Å². The normalized spacial score (nSPS) is 13.0. The predicted molar refractivity (Wildman–Crippen MR) is 87.0 cm³/mol. The van der Waals surface area contributed by atoms with Gasteiger partial charge >= 0.3 is 0 Å². The van der Waals surface area contributed by atoms with Crippen molar-refractivity contribution in [1.82, 2.24) is 9.78 Å². The number of para-hydroxylation sites is 1. The number of hydrogen-bond acceptors (Lipinski definition) is 3.